The first-order valence-electron chi connectivity index (χ1n) is 7.93. The van der Waals surface area contributed by atoms with Crippen molar-refractivity contribution in [2.75, 3.05) is 18.5 Å². The van der Waals surface area contributed by atoms with Crippen LogP contribution in [0.5, 0.6) is 0 Å². The average Bonchev–Trinajstić information content (AvgIpc) is 2.56. The van der Waals surface area contributed by atoms with E-state index in [1.165, 1.54) is 5.56 Å². The van der Waals surface area contributed by atoms with Crippen molar-refractivity contribution in [1.82, 2.24) is 0 Å². The van der Waals surface area contributed by atoms with Crippen LogP contribution >= 0.6 is 15.9 Å². The van der Waals surface area contributed by atoms with Gasteiger partial charge in [-0.25, -0.2) is 0 Å². The zero-order valence-electron chi connectivity index (χ0n) is 13.1. The normalized spacial score (nSPS) is 22.6. The molecule has 22 heavy (non-hydrogen) atoms. The molecule has 122 valence electrons. The predicted octanol–water partition coefficient (Wildman–Crippen LogP) is 4.31. The summed E-state index contributed by atoms with van der Waals surface area (Å²) in [5.41, 5.74) is 1.22. The number of hydrogen-bond acceptors (Lipinski definition) is 3. The first-order chi connectivity index (χ1) is 10.8. The van der Waals surface area contributed by atoms with Gasteiger partial charge in [0.2, 0.25) is 0 Å². The second kappa shape index (κ2) is 10.2. The Bertz CT molecular complexity index is 435. The Morgan fingerprint density at radius 3 is 2.82 bits per heavy atom. The summed E-state index contributed by atoms with van der Waals surface area (Å²) in [5, 5.41) is 0.695. The predicted molar refractivity (Wildman–Crippen MR) is 92.0 cm³/mol. The Labute approximate surface area is 141 Å². The zero-order chi connectivity index (χ0) is 15.6. The van der Waals surface area contributed by atoms with Crippen molar-refractivity contribution in [3.63, 3.8) is 0 Å². The Morgan fingerprint density at radius 1 is 1.27 bits per heavy atom. The molecular formula is C18H25BrO3. The molecule has 2 rings (SSSR count). The zero-order valence-corrected chi connectivity index (χ0v) is 14.7. The highest BCUT2D eigenvalue weighted by atomic mass is 79.9. The molecule has 1 unspecified atom stereocenters. The number of benzene rings is 1. The average molecular weight is 369 g/mol. The fourth-order valence-electron chi connectivity index (χ4n) is 2.58. The molecule has 1 aromatic rings. The van der Waals surface area contributed by atoms with Crippen LogP contribution in [0.4, 0.5) is 0 Å². The SMILES string of the molecule is CCOC(CBr)O[C@@H]1C=CC[C@@H](COCc2ccccc2)C1. The van der Waals surface area contributed by atoms with Crippen LogP contribution in [0, 0.1) is 5.92 Å². The quantitative estimate of drug-likeness (QED) is 0.369. The molecule has 0 aromatic heterocycles. The number of hydrogen-bond donors (Lipinski definition) is 0. The molecule has 1 aliphatic carbocycles. The van der Waals surface area contributed by atoms with Crippen LogP contribution < -0.4 is 0 Å². The molecule has 0 saturated heterocycles. The largest absolute Gasteiger partial charge is 0.376 e. The summed E-state index contributed by atoms with van der Waals surface area (Å²) >= 11 is 3.43. The lowest BCUT2D eigenvalue weighted by Gasteiger charge is -2.27. The fraction of sp³-hybridized carbons (Fsp3) is 0.556. The highest BCUT2D eigenvalue weighted by molar-refractivity contribution is 9.09. The van der Waals surface area contributed by atoms with Gasteiger partial charge in [-0.3, -0.25) is 0 Å². The fourth-order valence-corrected chi connectivity index (χ4v) is 2.92. The van der Waals surface area contributed by atoms with Crippen LogP contribution in [0.25, 0.3) is 0 Å². The molecule has 0 spiro atoms. The van der Waals surface area contributed by atoms with Crippen molar-refractivity contribution in [2.45, 2.75) is 38.8 Å². The topological polar surface area (TPSA) is 27.7 Å². The van der Waals surface area contributed by atoms with Crippen molar-refractivity contribution >= 4 is 15.9 Å². The minimum Gasteiger partial charge on any atom is -0.376 e. The molecule has 0 N–H and O–H groups in total. The van der Waals surface area contributed by atoms with Crippen molar-refractivity contribution in [2.24, 2.45) is 5.92 Å². The molecular weight excluding hydrogens is 344 g/mol. The van der Waals surface area contributed by atoms with E-state index in [1.54, 1.807) is 0 Å². The molecule has 0 heterocycles. The minimum absolute atomic E-state index is 0.119. The lowest BCUT2D eigenvalue weighted by Crippen LogP contribution is -2.29. The van der Waals surface area contributed by atoms with E-state index in [9.17, 15) is 0 Å². The van der Waals surface area contributed by atoms with Gasteiger partial charge in [-0.05, 0) is 31.2 Å². The van der Waals surface area contributed by atoms with E-state index in [-0.39, 0.29) is 12.4 Å². The van der Waals surface area contributed by atoms with E-state index in [0.717, 1.165) is 19.4 Å². The van der Waals surface area contributed by atoms with E-state index < -0.39 is 0 Å². The van der Waals surface area contributed by atoms with Gasteiger partial charge in [0, 0.05) is 6.61 Å². The third kappa shape index (κ3) is 6.21. The number of ether oxygens (including phenoxy) is 3. The van der Waals surface area contributed by atoms with Crippen molar-refractivity contribution in [3.8, 4) is 0 Å². The van der Waals surface area contributed by atoms with Crippen LogP contribution in [0.2, 0.25) is 0 Å². The number of allylic oxidation sites excluding steroid dienone is 1. The molecule has 4 heteroatoms. The smallest absolute Gasteiger partial charge is 0.167 e. The molecule has 0 bridgehead atoms. The number of alkyl halides is 1. The van der Waals surface area contributed by atoms with Crippen LogP contribution in [0.1, 0.15) is 25.3 Å². The summed E-state index contributed by atoms with van der Waals surface area (Å²) in [6.07, 6.45) is 6.32. The number of halogens is 1. The lowest BCUT2D eigenvalue weighted by atomic mass is 9.93. The summed E-state index contributed by atoms with van der Waals surface area (Å²) in [7, 11) is 0. The van der Waals surface area contributed by atoms with Gasteiger partial charge in [0.25, 0.3) is 0 Å². The van der Waals surface area contributed by atoms with Gasteiger partial charge in [0.15, 0.2) is 6.29 Å². The van der Waals surface area contributed by atoms with Crippen LogP contribution in [0.15, 0.2) is 42.5 Å². The first kappa shape index (κ1) is 17.7. The second-order valence-corrected chi connectivity index (χ2v) is 6.13. The highest BCUT2D eigenvalue weighted by Crippen LogP contribution is 2.23. The number of rotatable bonds is 9. The first-order valence-corrected chi connectivity index (χ1v) is 9.05. The van der Waals surface area contributed by atoms with Crippen molar-refractivity contribution < 1.29 is 14.2 Å². The lowest BCUT2D eigenvalue weighted by molar-refractivity contribution is -0.147. The molecule has 1 aliphatic rings. The Hall–Kier alpha value is -0.680. The van der Waals surface area contributed by atoms with Crippen molar-refractivity contribution in [3.05, 3.63) is 48.0 Å². The Balaban J connectivity index is 1.71. The van der Waals surface area contributed by atoms with Crippen LogP contribution in [-0.2, 0) is 20.8 Å². The van der Waals surface area contributed by atoms with Gasteiger partial charge in [0.1, 0.15) is 0 Å². The van der Waals surface area contributed by atoms with E-state index in [2.05, 4.69) is 40.2 Å². The van der Waals surface area contributed by atoms with Gasteiger partial charge in [-0.2, -0.15) is 0 Å². The molecule has 0 amide bonds. The standard InChI is InChI=1S/C18H25BrO3/c1-2-21-18(12-19)22-17-10-6-9-16(11-17)14-20-13-15-7-4-3-5-8-15/h3-8,10,16-18H,2,9,11-14H2,1H3/t16-,17-,18?/m1/s1. The molecule has 3 atom stereocenters. The Morgan fingerprint density at radius 2 is 2.09 bits per heavy atom. The summed E-state index contributed by atoms with van der Waals surface area (Å²) < 4.78 is 17.4. The van der Waals surface area contributed by atoms with Gasteiger partial charge < -0.3 is 14.2 Å². The molecule has 0 aliphatic heterocycles. The van der Waals surface area contributed by atoms with Crippen LogP contribution in [-0.4, -0.2) is 30.9 Å². The van der Waals surface area contributed by atoms with Gasteiger partial charge in [-0.15, -0.1) is 0 Å². The minimum atomic E-state index is -0.177. The molecule has 0 saturated carbocycles. The second-order valence-electron chi connectivity index (χ2n) is 5.48. The van der Waals surface area contributed by atoms with E-state index in [1.807, 2.05) is 25.1 Å². The third-order valence-corrected chi connectivity index (χ3v) is 4.18. The maximum atomic E-state index is 5.96. The van der Waals surface area contributed by atoms with Gasteiger partial charge in [0.05, 0.1) is 24.6 Å². The monoisotopic (exact) mass is 368 g/mol. The maximum Gasteiger partial charge on any atom is 0.167 e. The van der Waals surface area contributed by atoms with Crippen molar-refractivity contribution in [1.29, 1.82) is 0 Å². The summed E-state index contributed by atoms with van der Waals surface area (Å²) in [6.45, 7) is 4.09. The van der Waals surface area contributed by atoms with E-state index in [4.69, 9.17) is 14.2 Å². The van der Waals surface area contributed by atoms with E-state index in [0.29, 0.717) is 24.5 Å². The Kier molecular flexibility index (Phi) is 8.16. The summed E-state index contributed by atoms with van der Waals surface area (Å²) in [4.78, 5) is 0. The van der Waals surface area contributed by atoms with Gasteiger partial charge >= 0.3 is 0 Å². The van der Waals surface area contributed by atoms with Crippen LogP contribution in [0.3, 0.4) is 0 Å². The maximum absolute atomic E-state index is 5.96. The molecule has 3 nitrogen and oxygen atoms in total. The molecule has 0 radical (unpaired) electrons. The van der Waals surface area contributed by atoms with E-state index >= 15 is 0 Å². The highest BCUT2D eigenvalue weighted by Gasteiger charge is 2.21. The summed E-state index contributed by atoms with van der Waals surface area (Å²) in [5.74, 6) is 0.510. The third-order valence-electron chi connectivity index (χ3n) is 3.66. The summed E-state index contributed by atoms with van der Waals surface area (Å²) in [6, 6.07) is 10.3. The molecule has 0 fully saturated rings. The van der Waals surface area contributed by atoms with Gasteiger partial charge in [-0.1, -0.05) is 58.4 Å². The molecule has 1 aromatic carbocycles.